The number of hydrogen-bond donors (Lipinski definition) is 1. The van der Waals surface area contributed by atoms with E-state index in [1.165, 1.54) is 0 Å². The van der Waals surface area contributed by atoms with Crippen LogP contribution in [0.25, 0.3) is 0 Å². The zero-order chi connectivity index (χ0) is 15.5. The van der Waals surface area contributed by atoms with Gasteiger partial charge in [0.2, 0.25) is 0 Å². The van der Waals surface area contributed by atoms with Gasteiger partial charge in [-0.15, -0.1) is 0 Å². The molecule has 1 aromatic carbocycles. The number of allylic oxidation sites excluding steroid dienone is 1. The molecule has 1 aliphatic heterocycles. The zero-order valence-corrected chi connectivity index (χ0v) is 12.9. The smallest absolute Gasteiger partial charge is 0.410 e. The number of fused-ring (bicyclic) bond motifs is 1. The number of nitrogens with zero attached hydrogens (tertiary/aromatic N) is 1. The molecule has 22 heavy (non-hydrogen) atoms. The van der Waals surface area contributed by atoms with Crippen molar-refractivity contribution in [3.8, 4) is 0 Å². The molecule has 0 bridgehead atoms. The quantitative estimate of drug-likeness (QED) is 0.854. The zero-order valence-electron chi connectivity index (χ0n) is 12.9. The highest BCUT2D eigenvalue weighted by molar-refractivity contribution is 5.68. The Labute approximate surface area is 131 Å². The molecule has 1 N–H and O–H groups in total. The Bertz CT molecular complexity index is 555. The summed E-state index contributed by atoms with van der Waals surface area (Å²) >= 11 is 0. The van der Waals surface area contributed by atoms with Crippen LogP contribution in [0.4, 0.5) is 4.79 Å². The van der Waals surface area contributed by atoms with Crippen molar-refractivity contribution in [2.75, 3.05) is 6.54 Å². The molecule has 4 nitrogen and oxygen atoms in total. The van der Waals surface area contributed by atoms with E-state index in [1.807, 2.05) is 48.2 Å². The fourth-order valence-electron chi connectivity index (χ4n) is 3.78. The van der Waals surface area contributed by atoms with Crippen molar-refractivity contribution in [2.45, 2.75) is 44.9 Å². The van der Waals surface area contributed by atoms with Crippen molar-refractivity contribution < 1.29 is 14.6 Å². The van der Waals surface area contributed by atoms with E-state index in [4.69, 9.17) is 4.74 Å². The first-order chi connectivity index (χ1) is 10.7. The molecule has 0 radical (unpaired) electrons. The summed E-state index contributed by atoms with van der Waals surface area (Å²) in [6.45, 7) is 2.98. The Balaban J connectivity index is 1.65. The fraction of sp³-hybridized carbons (Fsp3) is 0.500. The van der Waals surface area contributed by atoms with Crippen LogP contribution in [-0.4, -0.2) is 34.8 Å². The summed E-state index contributed by atoms with van der Waals surface area (Å²) < 4.78 is 5.47. The third kappa shape index (κ3) is 2.88. The van der Waals surface area contributed by atoms with Crippen molar-refractivity contribution in [3.05, 3.63) is 47.5 Å². The minimum absolute atomic E-state index is 0.0817. The number of piperidine rings is 1. The summed E-state index contributed by atoms with van der Waals surface area (Å²) in [5, 5.41) is 10.2. The number of rotatable bonds is 2. The van der Waals surface area contributed by atoms with E-state index >= 15 is 0 Å². The summed E-state index contributed by atoms with van der Waals surface area (Å²) in [7, 11) is 0. The van der Waals surface area contributed by atoms with Crippen molar-refractivity contribution in [1.29, 1.82) is 0 Å². The molecule has 1 saturated carbocycles. The topological polar surface area (TPSA) is 49.8 Å². The number of aliphatic hydroxyl groups excluding tert-OH is 1. The molecule has 1 aromatic rings. The van der Waals surface area contributed by atoms with Crippen LogP contribution >= 0.6 is 0 Å². The number of benzene rings is 1. The Kier molecular flexibility index (Phi) is 4.48. The molecule has 2 aliphatic rings. The molecular formula is C18H23NO3. The number of carbonyl (C=O) groups is 1. The Hall–Kier alpha value is -1.81. The second kappa shape index (κ2) is 6.53. The number of ether oxygens (including phenoxy) is 1. The second-order valence-corrected chi connectivity index (χ2v) is 6.09. The molecule has 1 saturated heterocycles. The third-order valence-electron chi connectivity index (χ3n) is 4.83. The Morgan fingerprint density at radius 1 is 1.41 bits per heavy atom. The molecule has 1 heterocycles. The number of aliphatic hydroxyl groups is 1. The SMILES string of the molecule is C/C=C1\[C@H](O)C[C@@H]2[C@H]1CCCN2C(=O)OCc1ccccc1. The van der Waals surface area contributed by atoms with E-state index in [0.29, 0.717) is 13.0 Å². The molecule has 0 unspecified atom stereocenters. The fourth-order valence-corrected chi connectivity index (χ4v) is 3.78. The summed E-state index contributed by atoms with van der Waals surface area (Å²) in [6.07, 6.45) is 3.97. The van der Waals surface area contributed by atoms with Gasteiger partial charge in [-0.3, -0.25) is 0 Å². The van der Waals surface area contributed by atoms with Crippen LogP contribution < -0.4 is 0 Å². The first-order valence-corrected chi connectivity index (χ1v) is 8.02. The molecule has 3 atom stereocenters. The number of hydrogen-bond acceptors (Lipinski definition) is 3. The maximum atomic E-state index is 12.4. The lowest BCUT2D eigenvalue weighted by atomic mass is 9.89. The molecule has 2 fully saturated rings. The van der Waals surface area contributed by atoms with Crippen LogP contribution in [0.2, 0.25) is 0 Å². The summed E-state index contributed by atoms with van der Waals surface area (Å²) in [5.41, 5.74) is 2.08. The lowest BCUT2D eigenvalue weighted by Gasteiger charge is -2.36. The van der Waals surface area contributed by atoms with Gasteiger partial charge in [-0.25, -0.2) is 4.79 Å². The number of likely N-dealkylation sites (tertiary alicyclic amines) is 1. The van der Waals surface area contributed by atoms with Crippen LogP contribution in [0.5, 0.6) is 0 Å². The van der Waals surface area contributed by atoms with Crippen LogP contribution in [-0.2, 0) is 11.3 Å². The van der Waals surface area contributed by atoms with Crippen molar-refractivity contribution in [1.82, 2.24) is 4.90 Å². The van der Waals surface area contributed by atoms with E-state index in [2.05, 4.69) is 0 Å². The van der Waals surface area contributed by atoms with E-state index in [1.54, 1.807) is 0 Å². The van der Waals surface area contributed by atoms with Crippen molar-refractivity contribution in [2.24, 2.45) is 5.92 Å². The van der Waals surface area contributed by atoms with Gasteiger partial charge < -0.3 is 14.7 Å². The number of amides is 1. The lowest BCUT2D eigenvalue weighted by molar-refractivity contribution is 0.0576. The minimum atomic E-state index is -0.414. The highest BCUT2D eigenvalue weighted by Crippen LogP contribution is 2.41. The molecule has 4 heteroatoms. The summed E-state index contributed by atoms with van der Waals surface area (Å²) in [6, 6.07) is 9.79. The van der Waals surface area contributed by atoms with E-state index in [9.17, 15) is 9.90 Å². The van der Waals surface area contributed by atoms with Gasteiger partial charge in [-0.1, -0.05) is 36.4 Å². The van der Waals surface area contributed by atoms with E-state index in [0.717, 1.165) is 30.5 Å². The van der Waals surface area contributed by atoms with Gasteiger partial charge in [0, 0.05) is 18.5 Å². The average molecular weight is 301 g/mol. The summed E-state index contributed by atoms with van der Waals surface area (Å²) in [4.78, 5) is 14.2. The first kappa shape index (κ1) is 15.1. The monoisotopic (exact) mass is 301 g/mol. The highest BCUT2D eigenvalue weighted by atomic mass is 16.6. The third-order valence-corrected chi connectivity index (χ3v) is 4.83. The maximum absolute atomic E-state index is 12.4. The van der Waals surface area contributed by atoms with Crippen LogP contribution in [0.1, 0.15) is 31.7 Å². The predicted molar refractivity (Wildman–Crippen MR) is 84.2 cm³/mol. The molecule has 118 valence electrons. The van der Waals surface area contributed by atoms with E-state index in [-0.39, 0.29) is 18.1 Å². The Morgan fingerprint density at radius 3 is 2.91 bits per heavy atom. The van der Waals surface area contributed by atoms with Crippen LogP contribution in [0.3, 0.4) is 0 Å². The van der Waals surface area contributed by atoms with Gasteiger partial charge in [0.15, 0.2) is 0 Å². The van der Waals surface area contributed by atoms with Gasteiger partial charge in [0.25, 0.3) is 0 Å². The molecule has 1 aliphatic carbocycles. The number of carbonyl (C=O) groups excluding carboxylic acids is 1. The van der Waals surface area contributed by atoms with Crippen molar-refractivity contribution in [3.63, 3.8) is 0 Å². The van der Waals surface area contributed by atoms with Gasteiger partial charge in [0.1, 0.15) is 6.61 Å². The van der Waals surface area contributed by atoms with Crippen LogP contribution in [0, 0.1) is 5.92 Å². The summed E-state index contributed by atoms with van der Waals surface area (Å²) in [5.74, 6) is 0.290. The first-order valence-electron chi connectivity index (χ1n) is 8.02. The Morgan fingerprint density at radius 2 is 2.18 bits per heavy atom. The average Bonchev–Trinajstić information content (AvgIpc) is 2.88. The molecule has 1 amide bonds. The highest BCUT2D eigenvalue weighted by Gasteiger charge is 2.44. The van der Waals surface area contributed by atoms with Gasteiger partial charge in [-0.05, 0) is 37.3 Å². The second-order valence-electron chi connectivity index (χ2n) is 6.09. The van der Waals surface area contributed by atoms with Gasteiger partial charge in [-0.2, -0.15) is 0 Å². The molecular weight excluding hydrogens is 278 g/mol. The van der Waals surface area contributed by atoms with Crippen LogP contribution in [0.15, 0.2) is 42.0 Å². The minimum Gasteiger partial charge on any atom is -0.445 e. The van der Waals surface area contributed by atoms with Gasteiger partial charge in [0.05, 0.1) is 6.10 Å². The van der Waals surface area contributed by atoms with E-state index < -0.39 is 6.10 Å². The molecule has 0 aromatic heterocycles. The predicted octanol–water partition coefficient (Wildman–Crippen LogP) is 3.11. The van der Waals surface area contributed by atoms with Crippen molar-refractivity contribution >= 4 is 6.09 Å². The normalized spacial score (nSPS) is 29.5. The standard InChI is InChI=1S/C18H23NO3/c1-2-14-15-9-6-10-19(16(15)11-17(14)20)18(21)22-12-13-7-4-3-5-8-13/h2-5,7-8,15-17,20H,6,9-12H2,1H3/b14-2-/t15-,16+,17+/m0/s1. The molecule has 3 rings (SSSR count). The largest absolute Gasteiger partial charge is 0.445 e. The molecule has 0 spiro atoms. The van der Waals surface area contributed by atoms with Gasteiger partial charge >= 0.3 is 6.09 Å². The maximum Gasteiger partial charge on any atom is 0.410 e. The lowest BCUT2D eigenvalue weighted by Crippen LogP contribution is -2.46.